The number of hydrogen-bond acceptors (Lipinski definition) is 6. The first-order valence-electron chi connectivity index (χ1n) is 8.74. The number of hydrogen-bond donors (Lipinski definition) is 2. The van der Waals surface area contributed by atoms with Crippen molar-refractivity contribution >= 4 is 17.1 Å². The van der Waals surface area contributed by atoms with Crippen LogP contribution in [0.1, 0.15) is 10.5 Å². The van der Waals surface area contributed by atoms with Crippen LogP contribution >= 0.6 is 0 Å². The molecule has 0 fully saturated rings. The number of methoxy groups -OCH3 is 2. The van der Waals surface area contributed by atoms with E-state index in [4.69, 9.17) is 15.2 Å². The van der Waals surface area contributed by atoms with Gasteiger partial charge in [0.1, 0.15) is 22.8 Å². The third-order valence-corrected chi connectivity index (χ3v) is 4.50. The summed E-state index contributed by atoms with van der Waals surface area (Å²) in [5, 5.41) is 0. The molecular weight excluding hydrogens is 393 g/mol. The van der Waals surface area contributed by atoms with E-state index in [1.54, 1.807) is 18.2 Å². The molecule has 10 heteroatoms. The minimum absolute atomic E-state index is 0.0769. The fraction of sp³-hybridized carbons (Fsp3) is 0.100. The van der Waals surface area contributed by atoms with Gasteiger partial charge in [-0.15, -0.1) is 0 Å². The molecule has 0 aliphatic carbocycles. The number of ether oxygens (including phenoxy) is 2. The Bertz CT molecular complexity index is 1330. The first-order valence-corrected chi connectivity index (χ1v) is 8.74. The quantitative estimate of drug-likeness (QED) is 0.520. The average Bonchev–Trinajstić information content (AvgIpc) is 3.08. The maximum absolute atomic E-state index is 13.3. The Labute approximate surface area is 168 Å². The summed E-state index contributed by atoms with van der Waals surface area (Å²) in [6.45, 7) is 0. The Morgan fingerprint density at radius 1 is 1.10 bits per heavy atom. The number of nitrogens with one attached hydrogen (secondary N) is 1. The molecule has 0 saturated carbocycles. The zero-order valence-electron chi connectivity index (χ0n) is 16.0. The van der Waals surface area contributed by atoms with Gasteiger partial charge in [-0.2, -0.15) is 0 Å². The highest BCUT2D eigenvalue weighted by Crippen LogP contribution is 2.32. The Morgan fingerprint density at radius 3 is 2.47 bits per heavy atom. The number of benzene rings is 2. The molecule has 9 nitrogen and oxygen atoms in total. The molecule has 2 aromatic heterocycles. The van der Waals surface area contributed by atoms with Gasteiger partial charge in [0.15, 0.2) is 17.2 Å². The molecule has 1 amide bonds. The topological polar surface area (TPSA) is 125 Å². The standard InChI is InChI=1S/C20H16FN5O4/c1-29-12-7-8-13(14(9-12)30-2)18-23-15(17(22)27)16-19(25-18)26(20(28)24-16)11-5-3-10(21)4-6-11/h3-9H,1-2H3,(H2,22,27)(H,24,28). The van der Waals surface area contributed by atoms with E-state index < -0.39 is 17.4 Å². The van der Waals surface area contributed by atoms with Crippen LogP contribution in [0.2, 0.25) is 0 Å². The number of carbonyl (C=O) groups excluding carboxylic acids is 1. The minimum Gasteiger partial charge on any atom is -0.497 e. The van der Waals surface area contributed by atoms with Crippen molar-refractivity contribution in [1.82, 2.24) is 19.5 Å². The summed E-state index contributed by atoms with van der Waals surface area (Å²) in [7, 11) is 2.99. The van der Waals surface area contributed by atoms with Crippen LogP contribution in [0.15, 0.2) is 47.3 Å². The van der Waals surface area contributed by atoms with Crippen molar-refractivity contribution in [2.75, 3.05) is 14.2 Å². The molecule has 0 saturated heterocycles. The SMILES string of the molecule is COc1ccc(-c2nc(C(N)=O)c3[nH]c(=O)n(-c4ccc(F)cc4)c3n2)c(OC)c1. The fourth-order valence-electron chi connectivity index (χ4n) is 3.10. The Hall–Kier alpha value is -4.21. The zero-order valence-corrected chi connectivity index (χ0v) is 16.0. The number of primary amides is 1. The molecule has 0 radical (unpaired) electrons. The van der Waals surface area contributed by atoms with Crippen molar-refractivity contribution in [2.45, 2.75) is 0 Å². The van der Waals surface area contributed by atoms with Crippen molar-refractivity contribution in [1.29, 1.82) is 0 Å². The zero-order chi connectivity index (χ0) is 21.4. The minimum atomic E-state index is -0.844. The molecule has 2 heterocycles. The van der Waals surface area contributed by atoms with E-state index >= 15 is 0 Å². The molecule has 152 valence electrons. The monoisotopic (exact) mass is 409 g/mol. The van der Waals surface area contributed by atoms with Gasteiger partial charge in [0.25, 0.3) is 5.91 Å². The van der Waals surface area contributed by atoms with E-state index in [0.29, 0.717) is 22.7 Å². The Balaban J connectivity index is 2.04. The van der Waals surface area contributed by atoms with Gasteiger partial charge in [-0.1, -0.05) is 0 Å². The van der Waals surface area contributed by atoms with Crippen molar-refractivity contribution < 1.29 is 18.7 Å². The summed E-state index contributed by atoms with van der Waals surface area (Å²) in [6.07, 6.45) is 0. The van der Waals surface area contributed by atoms with E-state index in [1.165, 1.54) is 43.1 Å². The second-order valence-electron chi connectivity index (χ2n) is 6.27. The summed E-state index contributed by atoms with van der Waals surface area (Å²) in [4.78, 5) is 35.9. The van der Waals surface area contributed by atoms with Crippen LogP contribution in [0.3, 0.4) is 0 Å². The molecule has 30 heavy (non-hydrogen) atoms. The number of fused-ring (bicyclic) bond motifs is 1. The summed E-state index contributed by atoms with van der Waals surface area (Å²) < 4.78 is 25.1. The van der Waals surface area contributed by atoms with Crippen LogP contribution in [-0.2, 0) is 0 Å². The lowest BCUT2D eigenvalue weighted by molar-refractivity contribution is 0.0997. The lowest BCUT2D eigenvalue weighted by atomic mass is 10.1. The molecule has 2 aromatic carbocycles. The van der Waals surface area contributed by atoms with Crippen LogP contribution in [0, 0.1) is 5.82 Å². The first kappa shape index (κ1) is 19.1. The highest BCUT2D eigenvalue weighted by Gasteiger charge is 2.21. The maximum Gasteiger partial charge on any atom is 0.332 e. The lowest BCUT2D eigenvalue weighted by Gasteiger charge is -2.11. The number of carbonyl (C=O) groups is 1. The number of imidazole rings is 1. The number of H-pyrrole nitrogens is 1. The molecule has 0 atom stereocenters. The molecular formula is C20H16FN5O4. The number of nitrogens with zero attached hydrogens (tertiary/aromatic N) is 3. The summed E-state index contributed by atoms with van der Waals surface area (Å²) in [6, 6.07) is 10.2. The van der Waals surface area contributed by atoms with E-state index in [0.717, 1.165) is 0 Å². The molecule has 4 rings (SSSR count). The van der Waals surface area contributed by atoms with E-state index in [9.17, 15) is 14.0 Å². The summed E-state index contributed by atoms with van der Waals surface area (Å²) in [5.41, 5.74) is 5.77. The number of aromatic nitrogens is 4. The van der Waals surface area contributed by atoms with Gasteiger partial charge in [0, 0.05) is 6.07 Å². The van der Waals surface area contributed by atoms with Crippen LogP contribution < -0.4 is 20.9 Å². The highest BCUT2D eigenvalue weighted by atomic mass is 19.1. The molecule has 3 N–H and O–H groups in total. The number of rotatable bonds is 5. The summed E-state index contributed by atoms with van der Waals surface area (Å²) >= 11 is 0. The van der Waals surface area contributed by atoms with Gasteiger partial charge < -0.3 is 20.2 Å². The van der Waals surface area contributed by atoms with Gasteiger partial charge in [0.05, 0.1) is 25.5 Å². The van der Waals surface area contributed by atoms with E-state index in [-0.39, 0.29) is 22.7 Å². The average molecular weight is 409 g/mol. The second-order valence-corrected chi connectivity index (χ2v) is 6.27. The van der Waals surface area contributed by atoms with Crippen LogP contribution in [0.4, 0.5) is 4.39 Å². The van der Waals surface area contributed by atoms with E-state index in [2.05, 4.69) is 15.0 Å². The lowest BCUT2D eigenvalue weighted by Crippen LogP contribution is -2.15. The number of amides is 1. The molecule has 4 aromatic rings. The maximum atomic E-state index is 13.3. The van der Waals surface area contributed by atoms with Gasteiger partial charge in [0.2, 0.25) is 0 Å². The van der Waals surface area contributed by atoms with Gasteiger partial charge in [-0.05, 0) is 36.4 Å². The smallest absolute Gasteiger partial charge is 0.332 e. The fourth-order valence-corrected chi connectivity index (χ4v) is 3.10. The van der Waals surface area contributed by atoms with Crippen molar-refractivity contribution in [3.8, 4) is 28.6 Å². The van der Waals surface area contributed by atoms with Crippen LogP contribution in [0.25, 0.3) is 28.2 Å². The predicted molar refractivity (Wildman–Crippen MR) is 107 cm³/mol. The molecule has 0 aliphatic rings. The van der Waals surface area contributed by atoms with Crippen molar-refractivity contribution in [3.05, 3.63) is 64.5 Å². The second kappa shape index (κ2) is 7.32. The van der Waals surface area contributed by atoms with Gasteiger partial charge in [-0.25, -0.2) is 23.7 Å². The Kier molecular flexibility index (Phi) is 4.66. The van der Waals surface area contributed by atoms with Crippen LogP contribution in [-0.4, -0.2) is 39.6 Å². The van der Waals surface area contributed by atoms with Gasteiger partial charge in [-0.3, -0.25) is 4.79 Å². The largest absolute Gasteiger partial charge is 0.497 e. The third-order valence-electron chi connectivity index (χ3n) is 4.50. The van der Waals surface area contributed by atoms with Crippen LogP contribution in [0.5, 0.6) is 11.5 Å². The molecule has 0 unspecified atom stereocenters. The third kappa shape index (κ3) is 3.13. The number of aromatic amines is 1. The highest BCUT2D eigenvalue weighted by molar-refractivity contribution is 6.02. The van der Waals surface area contributed by atoms with Crippen molar-refractivity contribution in [2.24, 2.45) is 5.73 Å². The molecule has 0 spiro atoms. The molecule has 0 bridgehead atoms. The predicted octanol–water partition coefficient (Wildman–Crippen LogP) is 2.03. The van der Waals surface area contributed by atoms with Gasteiger partial charge >= 0.3 is 5.69 Å². The number of halogens is 1. The van der Waals surface area contributed by atoms with Crippen molar-refractivity contribution in [3.63, 3.8) is 0 Å². The normalized spacial score (nSPS) is 10.9. The first-order chi connectivity index (χ1) is 14.4. The Morgan fingerprint density at radius 2 is 1.83 bits per heavy atom. The summed E-state index contributed by atoms with van der Waals surface area (Å²) in [5.74, 6) is -0.232. The number of nitrogens with two attached hydrogens (primary N) is 1. The van der Waals surface area contributed by atoms with E-state index in [1.807, 2.05) is 0 Å². The molecule has 0 aliphatic heterocycles.